The van der Waals surface area contributed by atoms with Crippen LogP contribution >= 0.6 is 11.8 Å². The zero-order chi connectivity index (χ0) is 14.8. The van der Waals surface area contributed by atoms with Crippen molar-refractivity contribution in [3.8, 4) is 0 Å². The quantitative estimate of drug-likeness (QED) is 0.839. The molecule has 1 saturated carbocycles. The molecule has 0 aromatic heterocycles. The van der Waals surface area contributed by atoms with Gasteiger partial charge in [0.2, 0.25) is 0 Å². The molecule has 2 aliphatic rings. The molecule has 0 bridgehead atoms. The van der Waals surface area contributed by atoms with Crippen LogP contribution in [0.15, 0.2) is 0 Å². The molecule has 20 heavy (non-hydrogen) atoms. The first-order valence-electron chi connectivity index (χ1n) is 7.83. The number of nitrogens with one attached hydrogen (secondary N) is 1. The Bertz CT molecular complexity index is 343. The second-order valence-electron chi connectivity index (χ2n) is 6.54. The van der Waals surface area contributed by atoms with E-state index in [0.29, 0.717) is 11.3 Å². The molecule has 0 spiro atoms. The van der Waals surface area contributed by atoms with Gasteiger partial charge in [-0.3, -0.25) is 0 Å². The van der Waals surface area contributed by atoms with Gasteiger partial charge in [0.05, 0.1) is 11.6 Å². The van der Waals surface area contributed by atoms with E-state index in [0.717, 1.165) is 38.0 Å². The number of urea groups is 1. The van der Waals surface area contributed by atoms with Crippen molar-refractivity contribution in [2.24, 2.45) is 0 Å². The third-order valence-electron chi connectivity index (χ3n) is 4.44. The van der Waals surface area contributed by atoms with Crippen molar-refractivity contribution < 1.29 is 9.90 Å². The average molecular weight is 300 g/mol. The Hall–Kier alpha value is -0.420. The van der Waals surface area contributed by atoms with E-state index in [1.807, 2.05) is 16.7 Å². The Morgan fingerprint density at radius 3 is 2.80 bits per heavy atom. The molecule has 1 aliphatic heterocycles. The lowest BCUT2D eigenvalue weighted by Gasteiger charge is -2.34. The molecule has 3 atom stereocenters. The predicted octanol–water partition coefficient (Wildman–Crippen LogP) is 2.61. The van der Waals surface area contributed by atoms with E-state index in [-0.39, 0.29) is 12.1 Å². The summed E-state index contributed by atoms with van der Waals surface area (Å²) >= 11 is 2.00. The van der Waals surface area contributed by atoms with E-state index < -0.39 is 5.60 Å². The smallest absolute Gasteiger partial charge is 0.317 e. The van der Waals surface area contributed by atoms with E-state index in [9.17, 15) is 9.90 Å². The third kappa shape index (κ3) is 3.82. The van der Waals surface area contributed by atoms with Gasteiger partial charge in [0.25, 0.3) is 0 Å². The maximum Gasteiger partial charge on any atom is 0.317 e. The van der Waals surface area contributed by atoms with Gasteiger partial charge in [-0.2, -0.15) is 11.8 Å². The van der Waals surface area contributed by atoms with Crippen molar-refractivity contribution in [3.63, 3.8) is 0 Å². The van der Waals surface area contributed by atoms with Crippen LogP contribution in [0.3, 0.4) is 0 Å². The van der Waals surface area contributed by atoms with Crippen LogP contribution in [0.2, 0.25) is 0 Å². The average Bonchev–Trinajstić information content (AvgIpc) is 2.97. The van der Waals surface area contributed by atoms with Gasteiger partial charge in [0.1, 0.15) is 0 Å². The van der Waals surface area contributed by atoms with E-state index in [2.05, 4.69) is 12.2 Å². The SMILES string of the molecule is CCS[C@@H]1CC[C@H](NC(=O)N2CCC[C@H]2C(C)(C)O)C1. The lowest BCUT2D eigenvalue weighted by Crippen LogP contribution is -2.53. The summed E-state index contributed by atoms with van der Waals surface area (Å²) in [5, 5.41) is 14.1. The first kappa shape index (κ1) is 16.0. The standard InChI is InChI=1S/C15H28N2O2S/c1-4-20-12-8-7-11(10-12)16-14(18)17-9-5-6-13(17)15(2,3)19/h11-13,19H,4-10H2,1-3H3,(H,16,18)/t11-,12+,13-/m0/s1. The molecule has 2 rings (SSSR count). The molecule has 2 N–H and O–H groups in total. The van der Waals surface area contributed by atoms with Gasteiger partial charge in [0, 0.05) is 17.8 Å². The van der Waals surface area contributed by atoms with E-state index in [1.54, 1.807) is 13.8 Å². The highest BCUT2D eigenvalue weighted by atomic mass is 32.2. The molecule has 2 amide bonds. The second kappa shape index (κ2) is 6.56. The number of aliphatic hydroxyl groups is 1. The fourth-order valence-corrected chi connectivity index (χ4v) is 4.60. The summed E-state index contributed by atoms with van der Waals surface area (Å²) in [6.07, 6.45) is 5.27. The Balaban J connectivity index is 1.86. The van der Waals surface area contributed by atoms with Gasteiger partial charge in [-0.05, 0) is 51.7 Å². The van der Waals surface area contributed by atoms with Crippen LogP contribution in [0.1, 0.15) is 52.9 Å². The largest absolute Gasteiger partial charge is 0.388 e. The Kier molecular flexibility index (Phi) is 5.24. The molecule has 0 unspecified atom stereocenters. The minimum atomic E-state index is -0.815. The van der Waals surface area contributed by atoms with Crippen LogP contribution in [0.4, 0.5) is 4.79 Å². The van der Waals surface area contributed by atoms with Crippen molar-refractivity contribution in [2.45, 2.75) is 75.8 Å². The fourth-order valence-electron chi connectivity index (χ4n) is 3.46. The fraction of sp³-hybridized carbons (Fsp3) is 0.933. The molecule has 116 valence electrons. The molecule has 4 nitrogen and oxygen atoms in total. The second-order valence-corrected chi connectivity index (χ2v) is 8.12. The molecule has 0 radical (unpaired) electrons. The number of hydrogen-bond acceptors (Lipinski definition) is 3. The number of likely N-dealkylation sites (tertiary alicyclic amines) is 1. The zero-order valence-corrected chi connectivity index (χ0v) is 13.7. The Labute approximate surface area is 126 Å². The number of amides is 2. The van der Waals surface area contributed by atoms with Crippen LogP contribution in [0, 0.1) is 0 Å². The van der Waals surface area contributed by atoms with Crippen molar-refractivity contribution >= 4 is 17.8 Å². The van der Waals surface area contributed by atoms with E-state index >= 15 is 0 Å². The molecule has 0 aromatic rings. The minimum absolute atomic E-state index is 0.0155. The number of nitrogens with zero attached hydrogens (tertiary/aromatic N) is 1. The van der Waals surface area contributed by atoms with Crippen LogP contribution in [-0.4, -0.2) is 51.3 Å². The van der Waals surface area contributed by atoms with Crippen LogP contribution in [-0.2, 0) is 0 Å². The molecule has 1 saturated heterocycles. The van der Waals surface area contributed by atoms with Crippen LogP contribution < -0.4 is 5.32 Å². The topological polar surface area (TPSA) is 52.6 Å². The molecule has 1 heterocycles. The third-order valence-corrected chi connectivity index (χ3v) is 5.68. The van der Waals surface area contributed by atoms with E-state index in [1.165, 1.54) is 6.42 Å². The summed E-state index contributed by atoms with van der Waals surface area (Å²) in [6.45, 7) is 6.55. The van der Waals surface area contributed by atoms with Gasteiger partial charge < -0.3 is 15.3 Å². The number of thioether (sulfide) groups is 1. The van der Waals surface area contributed by atoms with E-state index in [4.69, 9.17) is 0 Å². The monoisotopic (exact) mass is 300 g/mol. The van der Waals surface area contributed by atoms with Crippen molar-refractivity contribution in [3.05, 3.63) is 0 Å². The molecule has 1 aliphatic carbocycles. The zero-order valence-electron chi connectivity index (χ0n) is 12.9. The predicted molar refractivity (Wildman–Crippen MR) is 84.1 cm³/mol. The summed E-state index contributed by atoms with van der Waals surface area (Å²) in [7, 11) is 0. The number of carbonyl (C=O) groups excluding carboxylic acids is 1. The lowest BCUT2D eigenvalue weighted by molar-refractivity contribution is 0.00948. The lowest BCUT2D eigenvalue weighted by atomic mass is 9.97. The number of carbonyl (C=O) groups is 1. The molecule has 0 aromatic carbocycles. The minimum Gasteiger partial charge on any atom is -0.388 e. The molecular weight excluding hydrogens is 272 g/mol. The maximum absolute atomic E-state index is 12.4. The van der Waals surface area contributed by atoms with Gasteiger partial charge in [-0.15, -0.1) is 0 Å². The number of rotatable bonds is 4. The molecule has 5 heteroatoms. The molecule has 2 fully saturated rings. The normalized spacial score (nSPS) is 30.8. The van der Waals surface area contributed by atoms with Gasteiger partial charge in [-0.25, -0.2) is 4.79 Å². The van der Waals surface area contributed by atoms with Crippen molar-refractivity contribution in [1.29, 1.82) is 0 Å². The maximum atomic E-state index is 12.4. The number of hydrogen-bond donors (Lipinski definition) is 2. The van der Waals surface area contributed by atoms with Gasteiger partial charge >= 0.3 is 6.03 Å². The Morgan fingerprint density at radius 2 is 2.15 bits per heavy atom. The highest BCUT2D eigenvalue weighted by Crippen LogP contribution is 2.31. The summed E-state index contributed by atoms with van der Waals surface area (Å²) in [6, 6.07) is 0.279. The first-order chi connectivity index (χ1) is 9.41. The summed E-state index contributed by atoms with van der Waals surface area (Å²) < 4.78 is 0. The first-order valence-corrected chi connectivity index (χ1v) is 8.87. The molecular formula is C15H28N2O2S. The highest BCUT2D eigenvalue weighted by Gasteiger charge is 2.39. The highest BCUT2D eigenvalue weighted by molar-refractivity contribution is 7.99. The van der Waals surface area contributed by atoms with Gasteiger partial charge in [-0.1, -0.05) is 6.92 Å². The summed E-state index contributed by atoms with van der Waals surface area (Å²) in [5.74, 6) is 1.15. The summed E-state index contributed by atoms with van der Waals surface area (Å²) in [5.41, 5.74) is -0.815. The van der Waals surface area contributed by atoms with Gasteiger partial charge in [0.15, 0.2) is 0 Å². The van der Waals surface area contributed by atoms with Crippen LogP contribution in [0.5, 0.6) is 0 Å². The van der Waals surface area contributed by atoms with Crippen molar-refractivity contribution in [1.82, 2.24) is 10.2 Å². The summed E-state index contributed by atoms with van der Waals surface area (Å²) in [4.78, 5) is 14.3. The van der Waals surface area contributed by atoms with Crippen LogP contribution in [0.25, 0.3) is 0 Å². The van der Waals surface area contributed by atoms with Crippen molar-refractivity contribution in [2.75, 3.05) is 12.3 Å². The Morgan fingerprint density at radius 1 is 1.40 bits per heavy atom.